The quantitative estimate of drug-likeness (QED) is 0.473. The molecule has 0 unspecified atom stereocenters. The fourth-order valence-electron chi connectivity index (χ4n) is 3.19. The number of pyridine rings is 1. The summed E-state index contributed by atoms with van der Waals surface area (Å²) in [5.41, 5.74) is 3.68. The number of benzene rings is 2. The molecule has 0 aliphatic heterocycles. The van der Waals surface area contributed by atoms with Crippen molar-refractivity contribution in [2.45, 2.75) is 38.0 Å². The fourth-order valence-corrected chi connectivity index (χ4v) is 4.43. The summed E-state index contributed by atoms with van der Waals surface area (Å²) in [7, 11) is -3.83. The normalized spacial score (nSPS) is 12.3. The van der Waals surface area contributed by atoms with Gasteiger partial charge in [-0.1, -0.05) is 49.7 Å². The van der Waals surface area contributed by atoms with E-state index in [1.54, 1.807) is 30.3 Å². The van der Waals surface area contributed by atoms with E-state index in [0.717, 1.165) is 11.3 Å². The Morgan fingerprint density at radius 1 is 1.00 bits per heavy atom. The fraction of sp³-hybridized carbons (Fsp3) is 0.227. The number of hydrogen-bond donors (Lipinski definition) is 1. The summed E-state index contributed by atoms with van der Waals surface area (Å²) in [5, 5.41) is 8.70. The van der Waals surface area contributed by atoms with Gasteiger partial charge in [-0.05, 0) is 60.4 Å². The first-order valence-corrected chi connectivity index (χ1v) is 11.5. The molecule has 0 bridgehead atoms. The van der Waals surface area contributed by atoms with Crippen LogP contribution in [-0.4, -0.2) is 28.4 Å². The molecule has 160 valence electrons. The SMILES string of the molecule is Cc1ccc2c(nnn2-c2cc(Cl)ccc2NS(=O)(=O)c2ccc(C(C)(C)C)cc2)n1. The van der Waals surface area contributed by atoms with Gasteiger partial charge >= 0.3 is 0 Å². The monoisotopic (exact) mass is 455 g/mol. The van der Waals surface area contributed by atoms with E-state index in [1.165, 1.54) is 4.68 Å². The first-order chi connectivity index (χ1) is 14.5. The zero-order valence-corrected chi connectivity index (χ0v) is 19.2. The lowest BCUT2D eigenvalue weighted by Gasteiger charge is -2.19. The highest BCUT2D eigenvalue weighted by Crippen LogP contribution is 2.29. The minimum atomic E-state index is -3.83. The van der Waals surface area contributed by atoms with Crippen LogP contribution >= 0.6 is 11.6 Å². The van der Waals surface area contributed by atoms with Gasteiger partial charge in [0.2, 0.25) is 5.65 Å². The first kappa shape index (κ1) is 21.3. The molecule has 2 aromatic heterocycles. The van der Waals surface area contributed by atoms with Crippen molar-refractivity contribution in [3.05, 3.63) is 70.9 Å². The lowest BCUT2D eigenvalue weighted by molar-refractivity contribution is 0.587. The largest absolute Gasteiger partial charge is 0.277 e. The van der Waals surface area contributed by atoms with Crippen LogP contribution in [0, 0.1) is 6.92 Å². The molecule has 1 N–H and O–H groups in total. The van der Waals surface area contributed by atoms with Crippen LogP contribution in [0.3, 0.4) is 0 Å². The van der Waals surface area contributed by atoms with Crippen molar-refractivity contribution in [1.29, 1.82) is 0 Å². The Morgan fingerprint density at radius 3 is 2.39 bits per heavy atom. The van der Waals surface area contributed by atoms with E-state index in [-0.39, 0.29) is 10.3 Å². The number of halogens is 1. The van der Waals surface area contributed by atoms with Gasteiger partial charge in [-0.2, -0.15) is 0 Å². The Hall–Kier alpha value is -2.97. The highest BCUT2D eigenvalue weighted by molar-refractivity contribution is 7.92. The predicted octanol–water partition coefficient (Wildman–Crippen LogP) is 4.88. The lowest BCUT2D eigenvalue weighted by atomic mass is 9.87. The molecule has 4 aromatic rings. The number of aromatic nitrogens is 4. The number of fused-ring (bicyclic) bond motifs is 1. The van der Waals surface area contributed by atoms with Gasteiger partial charge in [0.1, 0.15) is 5.52 Å². The van der Waals surface area contributed by atoms with Gasteiger partial charge in [-0.25, -0.2) is 18.1 Å². The van der Waals surface area contributed by atoms with Gasteiger partial charge in [0.15, 0.2) is 0 Å². The minimum absolute atomic E-state index is 0.0698. The Labute approximate surface area is 186 Å². The number of nitrogens with zero attached hydrogens (tertiary/aromatic N) is 4. The summed E-state index contributed by atoms with van der Waals surface area (Å²) < 4.78 is 30.3. The number of rotatable bonds is 4. The van der Waals surface area contributed by atoms with E-state index in [0.29, 0.717) is 27.6 Å². The Balaban J connectivity index is 1.75. The second kappa shape index (κ2) is 7.62. The van der Waals surface area contributed by atoms with Crippen molar-refractivity contribution >= 4 is 38.5 Å². The third kappa shape index (κ3) is 4.26. The Bertz CT molecular complexity index is 1370. The summed E-state index contributed by atoms with van der Waals surface area (Å²) in [6.45, 7) is 8.09. The average molecular weight is 456 g/mol. The van der Waals surface area contributed by atoms with Crippen molar-refractivity contribution in [2.24, 2.45) is 0 Å². The van der Waals surface area contributed by atoms with Crippen molar-refractivity contribution in [1.82, 2.24) is 20.0 Å². The summed E-state index contributed by atoms with van der Waals surface area (Å²) >= 11 is 6.20. The second-order valence-corrected chi connectivity index (χ2v) is 10.5. The van der Waals surface area contributed by atoms with Gasteiger partial charge in [0, 0.05) is 10.7 Å². The summed E-state index contributed by atoms with van der Waals surface area (Å²) in [6.07, 6.45) is 0. The van der Waals surface area contributed by atoms with Gasteiger partial charge in [-0.15, -0.1) is 5.10 Å². The molecule has 0 amide bonds. The molecule has 0 saturated heterocycles. The smallest absolute Gasteiger partial charge is 0.261 e. The zero-order valence-electron chi connectivity index (χ0n) is 17.6. The molecular formula is C22H22ClN5O2S. The number of hydrogen-bond acceptors (Lipinski definition) is 5. The van der Waals surface area contributed by atoms with Gasteiger partial charge in [-0.3, -0.25) is 4.72 Å². The third-order valence-corrected chi connectivity index (χ3v) is 6.53. The molecule has 0 aliphatic carbocycles. The Morgan fingerprint density at radius 2 is 1.71 bits per heavy atom. The number of anilines is 1. The van der Waals surface area contributed by atoms with Gasteiger partial charge in [0.25, 0.3) is 10.0 Å². The molecule has 0 atom stereocenters. The van der Waals surface area contributed by atoms with Gasteiger partial charge < -0.3 is 0 Å². The van der Waals surface area contributed by atoms with Crippen LogP contribution in [0.4, 0.5) is 5.69 Å². The van der Waals surface area contributed by atoms with Crippen LogP contribution in [0.1, 0.15) is 32.0 Å². The van der Waals surface area contributed by atoms with Crippen molar-refractivity contribution < 1.29 is 8.42 Å². The maximum Gasteiger partial charge on any atom is 0.261 e. The van der Waals surface area contributed by atoms with Crippen molar-refractivity contribution in [2.75, 3.05) is 4.72 Å². The first-order valence-electron chi connectivity index (χ1n) is 9.67. The second-order valence-electron chi connectivity index (χ2n) is 8.34. The topological polar surface area (TPSA) is 89.8 Å². The zero-order chi connectivity index (χ0) is 22.4. The van der Waals surface area contributed by atoms with Crippen molar-refractivity contribution in [3.8, 4) is 5.69 Å². The maximum atomic E-state index is 13.1. The molecule has 0 saturated carbocycles. The van der Waals surface area contributed by atoms with E-state index in [2.05, 4.69) is 40.8 Å². The molecule has 0 fully saturated rings. The van der Waals surface area contributed by atoms with Crippen LogP contribution in [0.5, 0.6) is 0 Å². The molecule has 0 spiro atoms. The van der Waals surface area contributed by atoms with E-state index in [1.807, 2.05) is 31.2 Å². The average Bonchev–Trinajstić information content (AvgIpc) is 3.11. The van der Waals surface area contributed by atoms with E-state index in [4.69, 9.17) is 11.6 Å². The minimum Gasteiger partial charge on any atom is -0.277 e. The van der Waals surface area contributed by atoms with E-state index < -0.39 is 10.0 Å². The molecule has 4 rings (SSSR count). The summed E-state index contributed by atoms with van der Waals surface area (Å²) in [4.78, 5) is 4.53. The highest BCUT2D eigenvalue weighted by Gasteiger charge is 2.20. The van der Waals surface area contributed by atoms with Crippen LogP contribution in [0.25, 0.3) is 16.9 Å². The lowest BCUT2D eigenvalue weighted by Crippen LogP contribution is -2.16. The predicted molar refractivity (Wildman–Crippen MR) is 122 cm³/mol. The number of nitrogens with one attached hydrogen (secondary N) is 1. The van der Waals surface area contributed by atoms with Crippen LogP contribution < -0.4 is 4.72 Å². The number of aryl methyl sites for hydroxylation is 1. The van der Waals surface area contributed by atoms with Crippen molar-refractivity contribution in [3.63, 3.8) is 0 Å². The maximum absolute atomic E-state index is 13.1. The highest BCUT2D eigenvalue weighted by atomic mass is 35.5. The van der Waals surface area contributed by atoms with Crippen LogP contribution in [0.15, 0.2) is 59.5 Å². The molecule has 2 aromatic carbocycles. The van der Waals surface area contributed by atoms with E-state index >= 15 is 0 Å². The molecular weight excluding hydrogens is 434 g/mol. The molecule has 2 heterocycles. The standard InChI is InChI=1S/C22H22ClN5O2S/c1-14-5-12-19-21(24-14)25-27-28(19)20-13-16(23)8-11-18(20)26-31(29,30)17-9-6-15(7-10-17)22(2,3)4/h5-13,26H,1-4H3. The molecule has 0 aliphatic rings. The molecule has 31 heavy (non-hydrogen) atoms. The summed E-state index contributed by atoms with van der Waals surface area (Å²) in [6, 6.07) is 15.4. The molecule has 0 radical (unpaired) electrons. The summed E-state index contributed by atoms with van der Waals surface area (Å²) in [5.74, 6) is 0. The van der Waals surface area contributed by atoms with Crippen LogP contribution in [0.2, 0.25) is 5.02 Å². The third-order valence-electron chi connectivity index (χ3n) is 4.91. The van der Waals surface area contributed by atoms with E-state index in [9.17, 15) is 8.42 Å². The van der Waals surface area contributed by atoms with Crippen LogP contribution in [-0.2, 0) is 15.4 Å². The molecule has 9 heteroatoms. The number of sulfonamides is 1. The Kier molecular flexibility index (Phi) is 5.23. The van der Waals surface area contributed by atoms with Gasteiger partial charge in [0.05, 0.1) is 16.3 Å². The molecule has 7 nitrogen and oxygen atoms in total.